The number of hydrogen-bond acceptors (Lipinski definition) is 3. The van der Waals surface area contributed by atoms with Gasteiger partial charge in [-0.05, 0) is 59.6 Å². The van der Waals surface area contributed by atoms with E-state index < -0.39 is 6.04 Å². The first-order valence-corrected chi connectivity index (χ1v) is 14.6. The molecule has 1 saturated carbocycles. The largest absolute Gasteiger partial charge is 0.484 e. The summed E-state index contributed by atoms with van der Waals surface area (Å²) in [6, 6.07) is 25.4. The highest BCUT2D eigenvalue weighted by molar-refractivity contribution is 5.88. The molecule has 1 unspecified atom stereocenters. The molecule has 0 bridgehead atoms. The lowest BCUT2D eigenvalue weighted by atomic mass is 9.87. The number of amides is 2. The van der Waals surface area contributed by atoms with Crippen LogP contribution in [0.1, 0.15) is 75.1 Å². The van der Waals surface area contributed by atoms with Crippen molar-refractivity contribution in [1.82, 2.24) is 10.2 Å². The average molecular weight is 541 g/mol. The third kappa shape index (κ3) is 8.20. The summed E-state index contributed by atoms with van der Waals surface area (Å²) in [6.07, 6.45) is 5.89. The van der Waals surface area contributed by atoms with Crippen LogP contribution in [0.5, 0.6) is 5.75 Å². The van der Waals surface area contributed by atoms with Gasteiger partial charge in [0.1, 0.15) is 11.8 Å². The molecule has 0 aliphatic heterocycles. The van der Waals surface area contributed by atoms with E-state index in [0.717, 1.165) is 42.4 Å². The number of nitrogens with one attached hydrogen (secondary N) is 1. The van der Waals surface area contributed by atoms with Crippen LogP contribution in [0.15, 0.2) is 78.9 Å². The van der Waals surface area contributed by atoms with Crippen molar-refractivity contribution in [2.24, 2.45) is 0 Å². The van der Waals surface area contributed by atoms with E-state index in [1.807, 2.05) is 85.8 Å². The molecule has 0 saturated heterocycles. The van der Waals surface area contributed by atoms with E-state index >= 15 is 0 Å². The van der Waals surface area contributed by atoms with Crippen molar-refractivity contribution in [2.75, 3.05) is 6.61 Å². The summed E-state index contributed by atoms with van der Waals surface area (Å²) in [5.74, 6) is 0.346. The van der Waals surface area contributed by atoms with E-state index in [1.165, 1.54) is 12.0 Å². The van der Waals surface area contributed by atoms with Gasteiger partial charge in [-0.15, -0.1) is 0 Å². The van der Waals surface area contributed by atoms with Gasteiger partial charge in [-0.2, -0.15) is 0 Å². The molecule has 0 aromatic heterocycles. The van der Waals surface area contributed by atoms with Gasteiger partial charge in [0, 0.05) is 19.0 Å². The molecule has 40 heavy (non-hydrogen) atoms. The summed E-state index contributed by atoms with van der Waals surface area (Å²) >= 11 is 0. The Bertz CT molecular complexity index is 1240. The molecule has 0 spiro atoms. The highest BCUT2D eigenvalue weighted by Crippen LogP contribution is 2.25. The Morgan fingerprint density at radius 3 is 2.20 bits per heavy atom. The Balaban J connectivity index is 1.59. The van der Waals surface area contributed by atoms with Crippen molar-refractivity contribution in [1.29, 1.82) is 0 Å². The van der Waals surface area contributed by atoms with Crippen LogP contribution < -0.4 is 10.1 Å². The first-order chi connectivity index (χ1) is 19.2. The zero-order valence-electron chi connectivity index (χ0n) is 24.5. The average Bonchev–Trinajstić information content (AvgIpc) is 2.95. The molecule has 5 nitrogen and oxygen atoms in total. The van der Waals surface area contributed by atoms with Gasteiger partial charge in [-0.25, -0.2) is 0 Å². The van der Waals surface area contributed by atoms with E-state index in [2.05, 4.69) is 26.1 Å². The first-order valence-electron chi connectivity index (χ1n) is 14.6. The molecular weight excluding hydrogens is 496 g/mol. The highest BCUT2D eigenvalue weighted by Gasteiger charge is 2.32. The minimum absolute atomic E-state index is 0.0368. The molecule has 0 radical (unpaired) electrons. The molecule has 3 aromatic rings. The maximum atomic E-state index is 13.9. The van der Waals surface area contributed by atoms with Crippen molar-refractivity contribution in [2.45, 2.75) is 90.3 Å². The molecule has 1 aliphatic carbocycles. The van der Waals surface area contributed by atoms with Crippen LogP contribution in [0.4, 0.5) is 0 Å². The van der Waals surface area contributed by atoms with Crippen LogP contribution >= 0.6 is 0 Å². The van der Waals surface area contributed by atoms with Crippen molar-refractivity contribution in [3.8, 4) is 5.75 Å². The molecule has 2 amide bonds. The van der Waals surface area contributed by atoms with E-state index in [4.69, 9.17) is 4.74 Å². The molecule has 212 valence electrons. The van der Waals surface area contributed by atoms with Crippen LogP contribution in [-0.2, 0) is 28.0 Å². The molecule has 0 heterocycles. The summed E-state index contributed by atoms with van der Waals surface area (Å²) < 4.78 is 5.99. The zero-order valence-corrected chi connectivity index (χ0v) is 24.5. The van der Waals surface area contributed by atoms with Crippen LogP contribution in [-0.4, -0.2) is 35.4 Å². The van der Waals surface area contributed by atoms with Crippen LogP contribution in [0.25, 0.3) is 0 Å². The second-order valence-electron chi connectivity index (χ2n) is 12.1. The standard InChI is InChI=1S/C35H44N2O3/c1-26-13-11-12-16-28(26)24-37(33(38)25-40-31-21-19-29(20-22-31)35(2,3)4)32(23-27-14-7-5-8-15-27)34(39)36-30-17-9-6-10-18-30/h5,7-8,11-16,19-22,30,32H,6,9-10,17-18,23-25H2,1-4H3,(H,36,39). The number of carbonyl (C=O) groups is 2. The topological polar surface area (TPSA) is 58.6 Å². The number of aryl methyl sites for hydroxylation is 1. The molecule has 4 rings (SSSR count). The second-order valence-corrected chi connectivity index (χ2v) is 12.1. The van der Waals surface area contributed by atoms with Gasteiger partial charge in [-0.1, -0.05) is 107 Å². The van der Waals surface area contributed by atoms with Gasteiger partial charge in [0.15, 0.2) is 6.61 Å². The van der Waals surface area contributed by atoms with Crippen molar-refractivity contribution >= 4 is 11.8 Å². The smallest absolute Gasteiger partial charge is 0.261 e. The Hall–Kier alpha value is -3.60. The number of hydrogen-bond donors (Lipinski definition) is 1. The minimum atomic E-state index is -0.650. The maximum absolute atomic E-state index is 13.9. The maximum Gasteiger partial charge on any atom is 0.261 e. The lowest BCUT2D eigenvalue weighted by Crippen LogP contribution is -2.53. The molecular formula is C35H44N2O3. The van der Waals surface area contributed by atoms with Gasteiger partial charge < -0.3 is 15.0 Å². The minimum Gasteiger partial charge on any atom is -0.484 e. The zero-order chi connectivity index (χ0) is 28.5. The van der Waals surface area contributed by atoms with E-state index in [9.17, 15) is 9.59 Å². The third-order valence-corrected chi connectivity index (χ3v) is 7.91. The third-order valence-electron chi connectivity index (χ3n) is 7.91. The van der Waals surface area contributed by atoms with E-state index in [-0.39, 0.29) is 29.9 Å². The van der Waals surface area contributed by atoms with Crippen LogP contribution in [0.3, 0.4) is 0 Å². The molecule has 1 aliphatic rings. The van der Waals surface area contributed by atoms with Crippen molar-refractivity contribution in [3.63, 3.8) is 0 Å². The van der Waals surface area contributed by atoms with Gasteiger partial charge >= 0.3 is 0 Å². The van der Waals surface area contributed by atoms with Gasteiger partial charge in [0.25, 0.3) is 5.91 Å². The summed E-state index contributed by atoms with van der Waals surface area (Å²) in [5.41, 5.74) is 4.37. The Kier molecular flexibility index (Phi) is 10.0. The number of carbonyl (C=O) groups excluding carboxylic acids is 2. The summed E-state index contributed by atoms with van der Waals surface area (Å²) in [4.78, 5) is 29.5. The van der Waals surface area contributed by atoms with Crippen molar-refractivity contribution in [3.05, 3.63) is 101 Å². The SMILES string of the molecule is Cc1ccccc1CN(C(=O)COc1ccc(C(C)(C)C)cc1)C(Cc1ccccc1)C(=O)NC1CCCCC1. The van der Waals surface area contributed by atoms with Crippen LogP contribution in [0, 0.1) is 6.92 Å². The fraction of sp³-hybridized carbons (Fsp3) is 0.429. The number of benzene rings is 3. The number of nitrogens with zero attached hydrogens (tertiary/aromatic N) is 1. The summed E-state index contributed by atoms with van der Waals surface area (Å²) in [6.45, 7) is 8.75. The Labute approximate surface area is 239 Å². The van der Waals surface area contributed by atoms with Gasteiger partial charge in [0.2, 0.25) is 5.91 Å². The Morgan fingerprint density at radius 1 is 0.900 bits per heavy atom. The second kappa shape index (κ2) is 13.6. The monoisotopic (exact) mass is 540 g/mol. The fourth-order valence-electron chi connectivity index (χ4n) is 5.35. The quantitative estimate of drug-likeness (QED) is 0.309. The molecule has 5 heteroatoms. The normalized spacial score (nSPS) is 14.8. The van der Waals surface area contributed by atoms with Crippen LogP contribution in [0.2, 0.25) is 0 Å². The molecule has 1 atom stereocenters. The van der Waals surface area contributed by atoms with Gasteiger partial charge in [0.05, 0.1) is 0 Å². The van der Waals surface area contributed by atoms with Crippen molar-refractivity contribution < 1.29 is 14.3 Å². The number of ether oxygens (including phenoxy) is 1. The Morgan fingerprint density at radius 2 is 1.55 bits per heavy atom. The molecule has 3 aromatic carbocycles. The summed E-state index contributed by atoms with van der Waals surface area (Å²) in [5, 5.41) is 3.30. The molecule has 1 fully saturated rings. The highest BCUT2D eigenvalue weighted by atomic mass is 16.5. The fourth-order valence-corrected chi connectivity index (χ4v) is 5.35. The molecule has 1 N–H and O–H groups in total. The van der Waals surface area contributed by atoms with Gasteiger partial charge in [-0.3, -0.25) is 9.59 Å². The first kappa shape index (κ1) is 29.4. The number of rotatable bonds is 10. The lowest BCUT2D eigenvalue weighted by molar-refractivity contribution is -0.143. The predicted molar refractivity (Wildman–Crippen MR) is 161 cm³/mol. The van der Waals surface area contributed by atoms with E-state index in [0.29, 0.717) is 18.7 Å². The summed E-state index contributed by atoms with van der Waals surface area (Å²) in [7, 11) is 0. The lowest BCUT2D eigenvalue weighted by Gasteiger charge is -2.33. The predicted octanol–water partition coefficient (Wildman–Crippen LogP) is 6.76. The van der Waals surface area contributed by atoms with E-state index in [1.54, 1.807) is 4.90 Å².